The van der Waals surface area contributed by atoms with Gasteiger partial charge in [0.25, 0.3) is 5.91 Å². The second-order valence-corrected chi connectivity index (χ2v) is 11.6. The standard InChI is InChI=1S/C35H32N4O5/c1-35(2,3)44-34(42)39-20-30-26(25-14-8-10-16-28(25)37-30)18-31(39)32(40)38-29(33(41)43-21-22-11-5-4-6-12-22)17-23-19-36-27-15-9-7-13-24(23)27/h4-16,18-20,29,36H,17,21H2,1-3H3,(H,38,40)/t29-/m0/s1. The summed E-state index contributed by atoms with van der Waals surface area (Å²) in [5.41, 5.74) is 3.73. The molecule has 9 heteroatoms. The van der Waals surface area contributed by atoms with Crippen molar-refractivity contribution in [2.24, 2.45) is 0 Å². The van der Waals surface area contributed by atoms with Crippen LogP contribution in [0.25, 0.3) is 33.1 Å². The Balaban J connectivity index is 1.37. The van der Waals surface area contributed by atoms with E-state index >= 15 is 0 Å². The van der Waals surface area contributed by atoms with Gasteiger partial charge < -0.3 is 19.8 Å². The van der Waals surface area contributed by atoms with Crippen molar-refractivity contribution >= 4 is 39.8 Å². The molecular formula is C35H32N4O5. The number of hydrogen-bond donors (Lipinski definition) is 2. The molecule has 2 aliphatic heterocycles. The Morgan fingerprint density at radius 2 is 1.64 bits per heavy atom. The van der Waals surface area contributed by atoms with Gasteiger partial charge in [-0.1, -0.05) is 66.7 Å². The Kier molecular flexibility index (Phi) is 7.61. The first-order valence-corrected chi connectivity index (χ1v) is 14.4. The Morgan fingerprint density at radius 3 is 2.41 bits per heavy atom. The zero-order valence-electron chi connectivity index (χ0n) is 24.7. The van der Waals surface area contributed by atoms with Crippen LogP contribution in [-0.4, -0.2) is 44.1 Å². The Morgan fingerprint density at radius 1 is 0.932 bits per heavy atom. The van der Waals surface area contributed by atoms with E-state index in [9.17, 15) is 14.4 Å². The van der Waals surface area contributed by atoms with Crippen LogP contribution in [-0.2, 0) is 27.3 Å². The van der Waals surface area contributed by atoms with Crippen molar-refractivity contribution in [2.45, 2.75) is 45.4 Å². The Bertz CT molecular complexity index is 1950. The third-order valence-electron chi connectivity index (χ3n) is 7.24. The van der Waals surface area contributed by atoms with Gasteiger partial charge in [-0.05, 0) is 50.1 Å². The minimum absolute atomic E-state index is 0.00434. The number of carbonyl (C=O) groups excluding carboxylic acids is 3. The second-order valence-electron chi connectivity index (χ2n) is 11.6. The van der Waals surface area contributed by atoms with E-state index in [0.717, 1.165) is 37.5 Å². The fourth-order valence-corrected chi connectivity index (χ4v) is 5.19. The predicted molar refractivity (Wildman–Crippen MR) is 167 cm³/mol. The molecule has 0 saturated carbocycles. The van der Waals surface area contributed by atoms with Crippen LogP contribution < -0.4 is 5.32 Å². The molecule has 0 unspecified atom stereocenters. The van der Waals surface area contributed by atoms with Gasteiger partial charge in [-0.3, -0.25) is 4.79 Å². The highest BCUT2D eigenvalue weighted by molar-refractivity contribution is 6.04. The number of para-hydroxylation sites is 2. The van der Waals surface area contributed by atoms with Gasteiger partial charge in [0.1, 0.15) is 23.9 Å². The van der Waals surface area contributed by atoms with Gasteiger partial charge >= 0.3 is 12.1 Å². The van der Waals surface area contributed by atoms with Crippen molar-refractivity contribution in [2.75, 3.05) is 0 Å². The van der Waals surface area contributed by atoms with Gasteiger partial charge in [-0.15, -0.1) is 0 Å². The van der Waals surface area contributed by atoms with Crippen molar-refractivity contribution in [1.29, 1.82) is 0 Å². The van der Waals surface area contributed by atoms with Crippen molar-refractivity contribution in [3.05, 3.63) is 114 Å². The molecular weight excluding hydrogens is 556 g/mol. The normalized spacial score (nSPS) is 12.3. The number of hydrogen-bond acceptors (Lipinski definition) is 6. The molecule has 0 bridgehead atoms. The molecule has 44 heavy (non-hydrogen) atoms. The third kappa shape index (κ3) is 6.03. The summed E-state index contributed by atoms with van der Waals surface area (Å²) in [7, 11) is 0. The molecule has 1 aromatic heterocycles. The summed E-state index contributed by atoms with van der Waals surface area (Å²) in [6.07, 6.45) is 2.75. The summed E-state index contributed by atoms with van der Waals surface area (Å²) in [4.78, 5) is 48.8. The maximum Gasteiger partial charge on any atom is 0.419 e. The average molecular weight is 589 g/mol. The smallest absolute Gasteiger partial charge is 0.419 e. The number of aromatic amines is 1. The van der Waals surface area contributed by atoms with Gasteiger partial charge in [0.2, 0.25) is 0 Å². The number of ether oxygens (including phenoxy) is 2. The number of carbonyl (C=O) groups is 3. The summed E-state index contributed by atoms with van der Waals surface area (Å²) in [5.74, 6) is -1.23. The van der Waals surface area contributed by atoms with E-state index in [1.807, 2.05) is 85.1 Å². The number of H-pyrrole nitrogens is 1. The van der Waals surface area contributed by atoms with Crippen molar-refractivity contribution in [3.63, 3.8) is 0 Å². The van der Waals surface area contributed by atoms with Gasteiger partial charge in [-0.25, -0.2) is 19.1 Å². The summed E-state index contributed by atoms with van der Waals surface area (Å²) < 4.78 is 12.5. The third-order valence-corrected chi connectivity index (χ3v) is 7.24. The number of benzene rings is 3. The first-order chi connectivity index (χ1) is 21.2. The van der Waals surface area contributed by atoms with Crippen molar-refractivity contribution in [1.82, 2.24) is 19.9 Å². The summed E-state index contributed by atoms with van der Waals surface area (Å²) in [6, 6.07) is 25.2. The van der Waals surface area contributed by atoms with Crippen LogP contribution in [0.3, 0.4) is 0 Å². The van der Waals surface area contributed by atoms with Crippen molar-refractivity contribution < 1.29 is 23.9 Å². The molecule has 2 aliphatic rings. The molecule has 6 rings (SSSR count). The topological polar surface area (TPSA) is 115 Å². The maximum absolute atomic E-state index is 14.0. The molecule has 1 atom stereocenters. The first kappa shape index (κ1) is 28.7. The largest absolute Gasteiger partial charge is 0.459 e. The van der Waals surface area contributed by atoms with Crippen LogP contribution in [0.2, 0.25) is 0 Å². The molecule has 3 aromatic carbocycles. The number of aromatic nitrogens is 3. The van der Waals surface area contributed by atoms with E-state index in [1.54, 1.807) is 26.8 Å². The van der Waals surface area contributed by atoms with E-state index in [-0.39, 0.29) is 18.7 Å². The van der Waals surface area contributed by atoms with Crippen LogP contribution in [0.1, 0.15) is 42.4 Å². The van der Waals surface area contributed by atoms with E-state index < -0.39 is 29.6 Å². The molecule has 0 aliphatic carbocycles. The van der Waals surface area contributed by atoms with E-state index in [4.69, 9.17) is 9.47 Å². The lowest BCUT2D eigenvalue weighted by Gasteiger charge is -2.23. The Labute approximate surface area is 254 Å². The minimum atomic E-state index is -1.05. The fraction of sp³-hybridized carbons (Fsp3) is 0.200. The number of fused-ring (bicyclic) bond motifs is 4. The number of pyridine rings is 1. The van der Waals surface area contributed by atoms with Crippen LogP contribution in [0.5, 0.6) is 0 Å². The minimum Gasteiger partial charge on any atom is -0.459 e. The van der Waals surface area contributed by atoms with Gasteiger partial charge in [-0.2, -0.15) is 0 Å². The summed E-state index contributed by atoms with van der Waals surface area (Å²) in [6.45, 7) is 5.30. The summed E-state index contributed by atoms with van der Waals surface area (Å²) >= 11 is 0. The first-order valence-electron chi connectivity index (χ1n) is 14.4. The second kappa shape index (κ2) is 11.7. The van der Waals surface area contributed by atoms with E-state index in [2.05, 4.69) is 15.3 Å². The molecule has 4 aromatic rings. The SMILES string of the molecule is CC(C)(C)OC(=O)n1cc2nc3ccccc3c-2cc1C(=O)N[C@@H](Cc1c[nH]c2ccccc12)C(=O)OCc1ccccc1. The molecule has 222 valence electrons. The lowest BCUT2D eigenvalue weighted by molar-refractivity contribution is -0.147. The molecule has 0 fully saturated rings. The lowest BCUT2D eigenvalue weighted by Crippen LogP contribution is -2.44. The number of amides is 1. The zero-order valence-corrected chi connectivity index (χ0v) is 24.7. The zero-order chi connectivity index (χ0) is 30.8. The lowest BCUT2D eigenvalue weighted by atomic mass is 10.0. The highest BCUT2D eigenvalue weighted by Crippen LogP contribution is 2.32. The molecule has 3 heterocycles. The molecule has 0 saturated heterocycles. The fourth-order valence-electron chi connectivity index (χ4n) is 5.19. The quantitative estimate of drug-likeness (QED) is 0.206. The molecule has 0 spiro atoms. The van der Waals surface area contributed by atoms with Gasteiger partial charge in [0.15, 0.2) is 0 Å². The van der Waals surface area contributed by atoms with Crippen LogP contribution in [0.15, 0.2) is 97.3 Å². The number of nitrogens with zero attached hydrogens (tertiary/aromatic N) is 2. The highest BCUT2D eigenvalue weighted by atomic mass is 16.6. The molecule has 1 amide bonds. The monoisotopic (exact) mass is 588 g/mol. The Hall–Kier alpha value is -5.44. The molecule has 9 nitrogen and oxygen atoms in total. The highest BCUT2D eigenvalue weighted by Gasteiger charge is 2.29. The predicted octanol–water partition coefficient (Wildman–Crippen LogP) is 6.49. The maximum atomic E-state index is 14.0. The van der Waals surface area contributed by atoms with E-state index in [0.29, 0.717) is 11.3 Å². The summed E-state index contributed by atoms with van der Waals surface area (Å²) in [5, 5.41) is 4.63. The average Bonchev–Trinajstić information content (AvgIpc) is 3.59. The van der Waals surface area contributed by atoms with Crippen molar-refractivity contribution in [3.8, 4) is 11.3 Å². The van der Waals surface area contributed by atoms with Crippen LogP contribution >= 0.6 is 0 Å². The number of rotatable bonds is 7. The number of esters is 1. The van der Waals surface area contributed by atoms with Crippen LogP contribution in [0, 0.1) is 0 Å². The van der Waals surface area contributed by atoms with Gasteiger partial charge in [0, 0.05) is 40.7 Å². The van der Waals surface area contributed by atoms with Gasteiger partial charge in [0.05, 0.1) is 11.2 Å². The number of nitrogens with one attached hydrogen (secondary N) is 2. The molecule has 2 N–H and O–H groups in total. The van der Waals surface area contributed by atoms with E-state index in [1.165, 1.54) is 6.20 Å². The molecule has 0 radical (unpaired) electrons. The van der Waals surface area contributed by atoms with Crippen LogP contribution in [0.4, 0.5) is 4.79 Å².